The van der Waals surface area contributed by atoms with Crippen molar-refractivity contribution in [3.63, 3.8) is 0 Å². The first-order valence-electron chi connectivity index (χ1n) is 11.6. The lowest BCUT2D eigenvalue weighted by molar-refractivity contribution is -0.944. The second kappa shape index (κ2) is 11.2. The van der Waals surface area contributed by atoms with Crippen LogP contribution < -0.4 is 4.74 Å². The van der Waals surface area contributed by atoms with Gasteiger partial charge in [-0.25, -0.2) is 4.79 Å². The molecule has 0 spiro atoms. The van der Waals surface area contributed by atoms with Crippen LogP contribution in [-0.2, 0) is 4.74 Å². The molecule has 174 valence electrons. The second-order valence-electron chi connectivity index (χ2n) is 8.98. The fourth-order valence-corrected chi connectivity index (χ4v) is 4.59. The first-order valence-corrected chi connectivity index (χ1v) is 12.3. The number of piperazine rings is 1. The standard InChI is InChI=1S/C22H38N5O3S/c1-5-6-7-8-16-29-21-20(23-31-24-21)19-10-9-15-27(4,17-19)18(2)30-22(28)26-13-11-25(3)12-14-26/h10,18H,5-9,11-17H2,1-4H3/q+1/t18-,27?/m1/s1. The van der Waals surface area contributed by atoms with Gasteiger partial charge in [0.05, 0.1) is 31.9 Å². The lowest BCUT2D eigenvalue weighted by Crippen LogP contribution is -2.57. The molecule has 0 radical (unpaired) electrons. The van der Waals surface area contributed by atoms with Crippen molar-refractivity contribution in [1.29, 1.82) is 0 Å². The molecule has 0 saturated carbocycles. The zero-order valence-corrected chi connectivity index (χ0v) is 20.3. The SMILES string of the molecule is CCCCCCOc1nsnc1C1=CCC[N+](C)([C@@H](C)OC(=O)N2CCN(C)CC2)C1. The summed E-state index contributed by atoms with van der Waals surface area (Å²) >= 11 is 1.20. The van der Waals surface area contributed by atoms with Crippen molar-refractivity contribution < 1.29 is 18.8 Å². The average Bonchev–Trinajstić information content (AvgIpc) is 3.22. The number of carbonyl (C=O) groups is 1. The number of ether oxygens (including phenoxy) is 2. The Balaban J connectivity index is 1.57. The Kier molecular flexibility index (Phi) is 8.68. The molecular weight excluding hydrogens is 414 g/mol. The number of hydrogen-bond donors (Lipinski definition) is 0. The second-order valence-corrected chi connectivity index (χ2v) is 9.51. The van der Waals surface area contributed by atoms with Gasteiger partial charge in [-0.1, -0.05) is 32.3 Å². The van der Waals surface area contributed by atoms with Gasteiger partial charge in [0.2, 0.25) is 6.23 Å². The Hall–Kier alpha value is -1.71. The summed E-state index contributed by atoms with van der Waals surface area (Å²) < 4.78 is 21.4. The molecule has 1 unspecified atom stereocenters. The first-order chi connectivity index (χ1) is 14.9. The summed E-state index contributed by atoms with van der Waals surface area (Å²) in [5.74, 6) is 0.642. The number of likely N-dealkylation sites (N-methyl/N-ethyl adjacent to an activating group) is 2. The fourth-order valence-electron chi connectivity index (χ4n) is 4.05. The molecular formula is C22H38N5O3S+. The predicted octanol–water partition coefficient (Wildman–Crippen LogP) is 3.46. The highest BCUT2D eigenvalue weighted by molar-refractivity contribution is 6.99. The van der Waals surface area contributed by atoms with E-state index in [-0.39, 0.29) is 12.3 Å². The number of unbranched alkanes of at least 4 members (excludes halogenated alkanes) is 3. The monoisotopic (exact) mass is 452 g/mol. The molecule has 1 aromatic heterocycles. The van der Waals surface area contributed by atoms with Gasteiger partial charge in [0, 0.05) is 45.1 Å². The molecule has 2 aliphatic heterocycles. The van der Waals surface area contributed by atoms with E-state index >= 15 is 0 Å². The summed E-state index contributed by atoms with van der Waals surface area (Å²) in [5, 5.41) is 0. The van der Waals surface area contributed by atoms with Gasteiger partial charge in [0.15, 0.2) is 0 Å². The summed E-state index contributed by atoms with van der Waals surface area (Å²) in [7, 11) is 4.23. The smallest absolute Gasteiger partial charge is 0.414 e. The third-order valence-corrected chi connectivity index (χ3v) is 6.98. The number of aromatic nitrogens is 2. The number of rotatable bonds is 9. The van der Waals surface area contributed by atoms with Crippen molar-refractivity contribution in [1.82, 2.24) is 18.5 Å². The van der Waals surface area contributed by atoms with Crippen molar-refractivity contribution in [3.8, 4) is 5.88 Å². The van der Waals surface area contributed by atoms with Gasteiger partial charge in [-0.05, 0) is 13.5 Å². The number of hydrogen-bond acceptors (Lipinski definition) is 7. The van der Waals surface area contributed by atoms with Crippen LogP contribution in [-0.4, -0.2) is 95.3 Å². The van der Waals surface area contributed by atoms with Crippen molar-refractivity contribution in [2.75, 3.05) is 60.0 Å². The molecule has 31 heavy (non-hydrogen) atoms. The van der Waals surface area contributed by atoms with Gasteiger partial charge in [0.1, 0.15) is 12.2 Å². The normalized spacial score (nSPS) is 23.4. The number of carbonyl (C=O) groups excluding carboxylic acids is 1. The van der Waals surface area contributed by atoms with E-state index in [1.165, 1.54) is 31.0 Å². The Morgan fingerprint density at radius 3 is 2.74 bits per heavy atom. The summed E-state index contributed by atoms with van der Waals surface area (Å²) in [6.07, 6.45) is 7.37. The summed E-state index contributed by atoms with van der Waals surface area (Å²) in [6.45, 7) is 9.78. The van der Waals surface area contributed by atoms with Gasteiger partial charge in [-0.3, -0.25) is 4.48 Å². The third-order valence-electron chi connectivity index (χ3n) is 6.47. The highest BCUT2D eigenvalue weighted by atomic mass is 32.1. The molecule has 8 nitrogen and oxygen atoms in total. The van der Waals surface area contributed by atoms with E-state index < -0.39 is 0 Å². The number of nitrogens with zero attached hydrogens (tertiary/aromatic N) is 5. The van der Waals surface area contributed by atoms with Crippen LogP contribution in [0.2, 0.25) is 0 Å². The van der Waals surface area contributed by atoms with E-state index in [4.69, 9.17) is 9.47 Å². The van der Waals surface area contributed by atoms with Gasteiger partial charge in [-0.2, -0.15) is 4.37 Å². The molecule has 0 N–H and O–H groups in total. The summed E-state index contributed by atoms with van der Waals surface area (Å²) in [5.41, 5.74) is 1.98. The Labute approximate surface area is 190 Å². The summed E-state index contributed by atoms with van der Waals surface area (Å²) in [6, 6.07) is 0. The van der Waals surface area contributed by atoms with Crippen molar-refractivity contribution in [2.45, 2.75) is 52.2 Å². The van der Waals surface area contributed by atoms with Crippen LogP contribution in [0.15, 0.2) is 6.08 Å². The molecule has 1 aromatic rings. The highest BCUT2D eigenvalue weighted by Crippen LogP contribution is 2.31. The van der Waals surface area contributed by atoms with Crippen LogP contribution in [0.5, 0.6) is 5.88 Å². The molecule has 2 atom stereocenters. The Bertz CT molecular complexity index is 747. The van der Waals surface area contributed by atoms with E-state index in [0.29, 0.717) is 17.0 Å². The van der Waals surface area contributed by atoms with E-state index in [1.54, 1.807) is 0 Å². The minimum atomic E-state index is -0.235. The molecule has 1 fully saturated rings. The Morgan fingerprint density at radius 2 is 2.00 bits per heavy atom. The Morgan fingerprint density at radius 1 is 1.23 bits per heavy atom. The van der Waals surface area contributed by atoms with Gasteiger partial charge < -0.3 is 19.3 Å². The lowest BCUT2D eigenvalue weighted by atomic mass is 10.0. The van der Waals surface area contributed by atoms with E-state index in [0.717, 1.165) is 63.4 Å². The van der Waals surface area contributed by atoms with Crippen LogP contribution in [0.1, 0.15) is 51.6 Å². The maximum atomic E-state index is 12.7. The van der Waals surface area contributed by atoms with Crippen LogP contribution in [0, 0.1) is 0 Å². The van der Waals surface area contributed by atoms with E-state index in [9.17, 15) is 4.79 Å². The molecule has 1 amide bonds. The maximum Gasteiger partial charge on any atom is 0.414 e. The molecule has 0 bridgehead atoms. The first kappa shape index (κ1) is 23.9. The topological polar surface area (TPSA) is 67.8 Å². The lowest BCUT2D eigenvalue weighted by Gasteiger charge is -2.42. The molecule has 3 heterocycles. The number of quaternary nitrogens is 1. The molecule has 1 saturated heterocycles. The van der Waals surface area contributed by atoms with Crippen molar-refractivity contribution >= 4 is 23.4 Å². The third kappa shape index (κ3) is 6.40. The zero-order chi connectivity index (χ0) is 22.3. The molecule has 0 aromatic carbocycles. The van der Waals surface area contributed by atoms with Crippen LogP contribution >= 0.6 is 11.7 Å². The maximum absolute atomic E-state index is 12.7. The van der Waals surface area contributed by atoms with Crippen LogP contribution in [0.25, 0.3) is 5.57 Å². The van der Waals surface area contributed by atoms with Crippen molar-refractivity contribution in [2.24, 2.45) is 0 Å². The summed E-state index contributed by atoms with van der Waals surface area (Å²) in [4.78, 5) is 16.7. The quantitative estimate of drug-likeness (QED) is 0.422. The number of amides is 1. The molecule has 9 heteroatoms. The van der Waals surface area contributed by atoms with Gasteiger partial charge in [0.25, 0.3) is 5.88 Å². The van der Waals surface area contributed by atoms with Gasteiger partial charge in [-0.15, -0.1) is 4.37 Å². The molecule has 3 rings (SSSR count). The van der Waals surface area contributed by atoms with E-state index in [1.807, 2.05) is 11.8 Å². The van der Waals surface area contributed by atoms with Gasteiger partial charge >= 0.3 is 6.09 Å². The van der Waals surface area contributed by atoms with Crippen LogP contribution in [0.3, 0.4) is 0 Å². The highest BCUT2D eigenvalue weighted by Gasteiger charge is 2.37. The molecule has 2 aliphatic rings. The predicted molar refractivity (Wildman–Crippen MR) is 123 cm³/mol. The minimum Gasteiger partial charge on any atom is -0.475 e. The zero-order valence-electron chi connectivity index (χ0n) is 19.5. The van der Waals surface area contributed by atoms with E-state index in [2.05, 4.69) is 40.7 Å². The van der Waals surface area contributed by atoms with Crippen LogP contribution in [0.4, 0.5) is 4.79 Å². The molecule has 0 aliphatic carbocycles. The minimum absolute atomic E-state index is 0.206. The average molecular weight is 453 g/mol. The van der Waals surface area contributed by atoms with Crippen molar-refractivity contribution in [3.05, 3.63) is 11.8 Å². The fraction of sp³-hybridized carbons (Fsp3) is 0.773. The largest absolute Gasteiger partial charge is 0.475 e.